The van der Waals surface area contributed by atoms with Crippen LogP contribution in [-0.4, -0.2) is 22.3 Å². The highest BCUT2D eigenvalue weighted by Crippen LogP contribution is 2.09. The van der Waals surface area contributed by atoms with Crippen molar-refractivity contribution in [3.8, 4) is 0 Å². The first kappa shape index (κ1) is 12.4. The molecule has 0 saturated heterocycles. The monoisotopic (exact) mass is 188 g/mol. The van der Waals surface area contributed by atoms with E-state index in [2.05, 4.69) is 6.92 Å². The minimum absolute atomic E-state index is 0.171. The van der Waals surface area contributed by atoms with Gasteiger partial charge in [-0.15, -0.1) is 0 Å². The van der Waals surface area contributed by atoms with Crippen LogP contribution < -0.4 is 0 Å². The van der Waals surface area contributed by atoms with E-state index in [1.165, 1.54) is 0 Å². The van der Waals surface area contributed by atoms with Crippen molar-refractivity contribution in [2.75, 3.05) is 0 Å². The lowest BCUT2D eigenvalue weighted by molar-refractivity contribution is -0.137. The summed E-state index contributed by atoms with van der Waals surface area (Å²) in [6, 6.07) is 0. The summed E-state index contributed by atoms with van der Waals surface area (Å²) in [5, 5.41) is 17.8. The number of rotatable bonds is 8. The normalized spacial score (nSPS) is 12.8. The SMILES string of the molecule is CCCCCC(O)CCCC(=O)O. The first-order chi connectivity index (χ1) is 6.16. The summed E-state index contributed by atoms with van der Waals surface area (Å²) in [5.74, 6) is -0.777. The molecule has 0 bridgehead atoms. The maximum atomic E-state index is 10.2. The average Bonchev–Trinajstić information content (AvgIpc) is 2.04. The van der Waals surface area contributed by atoms with Gasteiger partial charge in [0.05, 0.1) is 6.10 Å². The van der Waals surface area contributed by atoms with E-state index in [1.54, 1.807) is 0 Å². The zero-order valence-corrected chi connectivity index (χ0v) is 8.33. The highest BCUT2D eigenvalue weighted by atomic mass is 16.4. The molecule has 0 rings (SSSR count). The first-order valence-corrected chi connectivity index (χ1v) is 5.06. The Labute approximate surface area is 79.8 Å². The van der Waals surface area contributed by atoms with E-state index < -0.39 is 5.97 Å². The molecule has 0 aromatic rings. The standard InChI is InChI=1S/C10H20O3/c1-2-3-4-6-9(11)7-5-8-10(12)13/h9,11H,2-8H2,1H3,(H,12,13). The lowest BCUT2D eigenvalue weighted by atomic mass is 10.1. The minimum Gasteiger partial charge on any atom is -0.481 e. The third kappa shape index (κ3) is 9.34. The predicted molar refractivity (Wildman–Crippen MR) is 51.6 cm³/mol. The Hall–Kier alpha value is -0.570. The third-order valence-corrected chi connectivity index (χ3v) is 2.07. The average molecular weight is 188 g/mol. The number of carboxylic acid groups (broad SMARTS) is 1. The van der Waals surface area contributed by atoms with Crippen LogP contribution in [0, 0.1) is 0 Å². The van der Waals surface area contributed by atoms with Crippen LogP contribution in [0.4, 0.5) is 0 Å². The molecule has 3 heteroatoms. The van der Waals surface area contributed by atoms with Crippen LogP contribution in [0.3, 0.4) is 0 Å². The van der Waals surface area contributed by atoms with Gasteiger partial charge in [-0.05, 0) is 19.3 Å². The van der Waals surface area contributed by atoms with Crippen LogP contribution in [0.1, 0.15) is 51.9 Å². The van der Waals surface area contributed by atoms with Crippen LogP contribution in [0.2, 0.25) is 0 Å². The largest absolute Gasteiger partial charge is 0.481 e. The molecule has 78 valence electrons. The van der Waals surface area contributed by atoms with Gasteiger partial charge in [0.15, 0.2) is 0 Å². The van der Waals surface area contributed by atoms with E-state index >= 15 is 0 Å². The molecular formula is C10H20O3. The van der Waals surface area contributed by atoms with E-state index in [4.69, 9.17) is 5.11 Å². The summed E-state index contributed by atoms with van der Waals surface area (Å²) in [5.41, 5.74) is 0. The fourth-order valence-corrected chi connectivity index (χ4v) is 1.26. The molecule has 2 N–H and O–H groups in total. The van der Waals surface area contributed by atoms with E-state index in [1.807, 2.05) is 0 Å². The number of aliphatic hydroxyl groups excluding tert-OH is 1. The van der Waals surface area contributed by atoms with Crippen LogP contribution in [0.5, 0.6) is 0 Å². The fraction of sp³-hybridized carbons (Fsp3) is 0.900. The summed E-state index contributed by atoms with van der Waals surface area (Å²) in [6.07, 6.45) is 5.24. The van der Waals surface area contributed by atoms with Crippen molar-refractivity contribution in [3.63, 3.8) is 0 Å². The summed E-state index contributed by atoms with van der Waals surface area (Å²) in [6.45, 7) is 2.12. The van der Waals surface area contributed by atoms with E-state index in [-0.39, 0.29) is 12.5 Å². The number of aliphatic hydroxyl groups is 1. The molecule has 0 fully saturated rings. The highest BCUT2D eigenvalue weighted by Gasteiger charge is 2.04. The van der Waals surface area contributed by atoms with Gasteiger partial charge in [0.1, 0.15) is 0 Å². The molecular weight excluding hydrogens is 168 g/mol. The topological polar surface area (TPSA) is 57.5 Å². The summed E-state index contributed by atoms with van der Waals surface area (Å²) >= 11 is 0. The lowest BCUT2D eigenvalue weighted by Crippen LogP contribution is -2.07. The molecule has 0 aliphatic carbocycles. The molecule has 1 unspecified atom stereocenters. The molecule has 0 spiro atoms. The molecule has 0 amide bonds. The molecule has 0 aromatic carbocycles. The quantitative estimate of drug-likeness (QED) is 0.574. The van der Waals surface area contributed by atoms with Crippen molar-refractivity contribution in [1.29, 1.82) is 0 Å². The molecule has 0 aromatic heterocycles. The molecule has 1 atom stereocenters. The van der Waals surface area contributed by atoms with Gasteiger partial charge in [-0.2, -0.15) is 0 Å². The Balaban J connectivity index is 3.19. The Kier molecular flexibility index (Phi) is 7.69. The number of carbonyl (C=O) groups is 1. The molecule has 0 heterocycles. The zero-order valence-electron chi connectivity index (χ0n) is 8.33. The lowest BCUT2D eigenvalue weighted by Gasteiger charge is -2.08. The summed E-state index contributed by atoms with van der Waals surface area (Å²) in [7, 11) is 0. The minimum atomic E-state index is -0.777. The van der Waals surface area contributed by atoms with Crippen molar-refractivity contribution in [2.24, 2.45) is 0 Å². The van der Waals surface area contributed by atoms with Crippen LogP contribution >= 0.6 is 0 Å². The fourth-order valence-electron chi connectivity index (χ4n) is 1.26. The van der Waals surface area contributed by atoms with Gasteiger partial charge < -0.3 is 10.2 Å². The maximum Gasteiger partial charge on any atom is 0.303 e. The second-order valence-electron chi connectivity index (χ2n) is 3.44. The molecule has 0 radical (unpaired) electrons. The Morgan fingerprint density at radius 1 is 1.23 bits per heavy atom. The van der Waals surface area contributed by atoms with Crippen LogP contribution in [0.25, 0.3) is 0 Å². The van der Waals surface area contributed by atoms with E-state index in [0.717, 1.165) is 25.7 Å². The number of unbranched alkanes of at least 4 members (excludes halogenated alkanes) is 2. The molecule has 3 nitrogen and oxygen atoms in total. The van der Waals surface area contributed by atoms with Gasteiger partial charge in [-0.1, -0.05) is 26.2 Å². The van der Waals surface area contributed by atoms with Gasteiger partial charge in [0.25, 0.3) is 0 Å². The molecule has 0 aliphatic heterocycles. The maximum absolute atomic E-state index is 10.2. The van der Waals surface area contributed by atoms with Crippen molar-refractivity contribution < 1.29 is 15.0 Å². The van der Waals surface area contributed by atoms with Gasteiger partial charge in [0, 0.05) is 6.42 Å². The number of hydrogen-bond donors (Lipinski definition) is 2. The second kappa shape index (κ2) is 8.05. The smallest absolute Gasteiger partial charge is 0.303 e. The van der Waals surface area contributed by atoms with Gasteiger partial charge in [0.2, 0.25) is 0 Å². The number of aliphatic carboxylic acids is 1. The van der Waals surface area contributed by atoms with Gasteiger partial charge >= 0.3 is 5.97 Å². The Bertz CT molecular complexity index is 134. The highest BCUT2D eigenvalue weighted by molar-refractivity contribution is 5.66. The zero-order chi connectivity index (χ0) is 10.1. The van der Waals surface area contributed by atoms with Crippen LogP contribution in [0.15, 0.2) is 0 Å². The van der Waals surface area contributed by atoms with E-state index in [0.29, 0.717) is 12.8 Å². The molecule has 0 saturated carbocycles. The second-order valence-corrected chi connectivity index (χ2v) is 3.44. The summed E-state index contributed by atoms with van der Waals surface area (Å²) < 4.78 is 0. The van der Waals surface area contributed by atoms with Crippen molar-refractivity contribution in [1.82, 2.24) is 0 Å². The molecule has 0 aliphatic rings. The first-order valence-electron chi connectivity index (χ1n) is 5.06. The van der Waals surface area contributed by atoms with Crippen molar-refractivity contribution >= 4 is 5.97 Å². The van der Waals surface area contributed by atoms with Crippen LogP contribution in [-0.2, 0) is 4.79 Å². The van der Waals surface area contributed by atoms with Crippen molar-refractivity contribution in [2.45, 2.75) is 58.0 Å². The molecule has 13 heavy (non-hydrogen) atoms. The third-order valence-electron chi connectivity index (χ3n) is 2.07. The Morgan fingerprint density at radius 3 is 2.38 bits per heavy atom. The summed E-state index contributed by atoms with van der Waals surface area (Å²) in [4.78, 5) is 10.2. The number of hydrogen-bond acceptors (Lipinski definition) is 2. The van der Waals surface area contributed by atoms with E-state index in [9.17, 15) is 9.90 Å². The number of carboxylic acids is 1. The Morgan fingerprint density at radius 2 is 1.85 bits per heavy atom. The van der Waals surface area contributed by atoms with Crippen molar-refractivity contribution in [3.05, 3.63) is 0 Å². The van der Waals surface area contributed by atoms with Gasteiger partial charge in [-0.3, -0.25) is 4.79 Å². The predicted octanol–water partition coefficient (Wildman–Crippen LogP) is 2.18. The van der Waals surface area contributed by atoms with Gasteiger partial charge in [-0.25, -0.2) is 0 Å².